The number of amides is 1. The molecule has 0 spiro atoms. The van der Waals surface area contributed by atoms with E-state index >= 15 is 0 Å². The van der Waals surface area contributed by atoms with E-state index in [4.69, 9.17) is 4.74 Å². The summed E-state index contributed by atoms with van der Waals surface area (Å²) in [6, 6.07) is 10.4. The van der Waals surface area contributed by atoms with Crippen LogP contribution in [0.15, 0.2) is 42.6 Å². The van der Waals surface area contributed by atoms with Crippen molar-refractivity contribution in [2.45, 2.75) is 32.4 Å². The van der Waals surface area contributed by atoms with E-state index in [-0.39, 0.29) is 29.6 Å². The van der Waals surface area contributed by atoms with Gasteiger partial charge in [-0.15, -0.1) is 0 Å². The van der Waals surface area contributed by atoms with E-state index in [0.29, 0.717) is 17.8 Å². The number of pyridine rings is 1. The molecule has 1 aromatic carbocycles. The lowest BCUT2D eigenvalue weighted by Gasteiger charge is -2.12. The topological polar surface area (TPSA) is 97.4 Å². The van der Waals surface area contributed by atoms with Crippen molar-refractivity contribution in [1.82, 2.24) is 10.3 Å². The molecule has 2 heterocycles. The SMILES string of the molecule is CC(C)Oc1ccc(Nc2cc(C(=O)NC3CCS(=O)(=O)C3)ccn2)cc1. The third kappa shape index (κ3) is 5.43. The molecule has 0 saturated carbocycles. The number of rotatable bonds is 6. The van der Waals surface area contributed by atoms with Crippen LogP contribution >= 0.6 is 0 Å². The van der Waals surface area contributed by atoms with Crippen molar-refractivity contribution in [1.29, 1.82) is 0 Å². The first-order valence-corrected chi connectivity index (χ1v) is 10.6. The lowest BCUT2D eigenvalue weighted by molar-refractivity contribution is 0.0941. The van der Waals surface area contributed by atoms with Crippen LogP contribution in [0.25, 0.3) is 0 Å². The van der Waals surface area contributed by atoms with Gasteiger partial charge < -0.3 is 15.4 Å². The highest BCUT2D eigenvalue weighted by Gasteiger charge is 2.29. The number of ether oxygens (including phenoxy) is 1. The standard InChI is InChI=1S/C19H23N3O4S/c1-13(2)26-17-5-3-15(4-6-17)21-18-11-14(7-9-20-18)19(23)22-16-8-10-27(24,25)12-16/h3-7,9,11,13,16H,8,10,12H2,1-2H3,(H,20,21)(H,22,23). The lowest BCUT2D eigenvalue weighted by atomic mass is 10.2. The first kappa shape index (κ1) is 19.2. The molecule has 1 unspecified atom stereocenters. The molecule has 0 radical (unpaired) electrons. The van der Waals surface area contributed by atoms with E-state index in [1.165, 1.54) is 0 Å². The first-order chi connectivity index (χ1) is 12.8. The predicted molar refractivity (Wildman–Crippen MR) is 104 cm³/mol. The van der Waals surface area contributed by atoms with Gasteiger partial charge in [0, 0.05) is 23.5 Å². The van der Waals surface area contributed by atoms with Crippen molar-refractivity contribution < 1.29 is 17.9 Å². The van der Waals surface area contributed by atoms with Gasteiger partial charge in [0.1, 0.15) is 11.6 Å². The quantitative estimate of drug-likeness (QED) is 0.788. The number of benzene rings is 1. The van der Waals surface area contributed by atoms with Crippen molar-refractivity contribution in [3.63, 3.8) is 0 Å². The number of hydrogen-bond donors (Lipinski definition) is 2. The summed E-state index contributed by atoms with van der Waals surface area (Å²) in [5, 5.41) is 5.92. The van der Waals surface area contributed by atoms with E-state index in [1.54, 1.807) is 18.3 Å². The van der Waals surface area contributed by atoms with Crippen molar-refractivity contribution >= 4 is 27.2 Å². The molecule has 0 bridgehead atoms. The van der Waals surface area contributed by atoms with Gasteiger partial charge in [0.25, 0.3) is 5.91 Å². The van der Waals surface area contributed by atoms with Gasteiger partial charge in [0.05, 0.1) is 17.6 Å². The van der Waals surface area contributed by atoms with Gasteiger partial charge >= 0.3 is 0 Å². The molecule has 27 heavy (non-hydrogen) atoms. The minimum absolute atomic E-state index is 0.000270. The van der Waals surface area contributed by atoms with Gasteiger partial charge in [-0.2, -0.15) is 0 Å². The summed E-state index contributed by atoms with van der Waals surface area (Å²) in [6.45, 7) is 3.93. The second-order valence-corrected chi connectivity index (χ2v) is 9.05. The van der Waals surface area contributed by atoms with Gasteiger partial charge in [-0.05, 0) is 56.7 Å². The van der Waals surface area contributed by atoms with Gasteiger partial charge in [-0.1, -0.05) is 0 Å². The Kier molecular flexibility index (Phi) is 5.65. The van der Waals surface area contributed by atoms with Crippen LogP contribution in [-0.4, -0.2) is 43.0 Å². The fraction of sp³-hybridized carbons (Fsp3) is 0.368. The summed E-state index contributed by atoms with van der Waals surface area (Å²) in [7, 11) is -3.03. The second-order valence-electron chi connectivity index (χ2n) is 6.82. The average molecular weight is 389 g/mol. The van der Waals surface area contributed by atoms with Crippen molar-refractivity contribution in [3.8, 4) is 5.75 Å². The summed E-state index contributed by atoms with van der Waals surface area (Å²) < 4.78 is 28.6. The zero-order valence-corrected chi connectivity index (χ0v) is 16.1. The van der Waals surface area contributed by atoms with Crippen LogP contribution in [0.2, 0.25) is 0 Å². The van der Waals surface area contributed by atoms with Crippen molar-refractivity contribution in [2.75, 3.05) is 16.8 Å². The third-order valence-corrected chi connectivity index (χ3v) is 5.86. The number of carbonyl (C=O) groups excluding carboxylic acids is 1. The largest absolute Gasteiger partial charge is 0.491 e. The van der Waals surface area contributed by atoms with Gasteiger partial charge in [0.2, 0.25) is 0 Å². The maximum absolute atomic E-state index is 12.4. The third-order valence-electron chi connectivity index (χ3n) is 4.09. The molecule has 1 amide bonds. The first-order valence-electron chi connectivity index (χ1n) is 8.82. The number of anilines is 2. The van der Waals surface area contributed by atoms with Crippen molar-refractivity contribution in [3.05, 3.63) is 48.2 Å². The second kappa shape index (κ2) is 7.96. The molecule has 7 nitrogen and oxygen atoms in total. The van der Waals surface area contributed by atoms with E-state index in [9.17, 15) is 13.2 Å². The number of nitrogens with zero attached hydrogens (tertiary/aromatic N) is 1. The van der Waals surface area contributed by atoms with Gasteiger partial charge in [-0.3, -0.25) is 4.79 Å². The van der Waals surface area contributed by atoms with E-state index in [0.717, 1.165) is 11.4 Å². The minimum Gasteiger partial charge on any atom is -0.491 e. The molecule has 0 aliphatic carbocycles. The molecule has 3 rings (SSSR count). The maximum Gasteiger partial charge on any atom is 0.251 e. The molecular weight excluding hydrogens is 366 g/mol. The maximum atomic E-state index is 12.4. The molecule has 1 saturated heterocycles. The van der Waals surface area contributed by atoms with Crippen LogP contribution in [0.4, 0.5) is 11.5 Å². The van der Waals surface area contributed by atoms with Crippen LogP contribution in [0.3, 0.4) is 0 Å². The highest BCUT2D eigenvalue weighted by Crippen LogP contribution is 2.20. The fourth-order valence-electron chi connectivity index (χ4n) is 2.85. The Labute approximate surface area is 159 Å². The minimum atomic E-state index is -3.03. The Morgan fingerprint density at radius 2 is 1.96 bits per heavy atom. The molecule has 1 atom stereocenters. The molecule has 1 aliphatic heterocycles. The fourth-order valence-corrected chi connectivity index (χ4v) is 4.53. The van der Waals surface area contributed by atoms with Crippen LogP contribution in [0, 0.1) is 0 Å². The summed E-state index contributed by atoms with van der Waals surface area (Å²) in [5.41, 5.74) is 1.25. The Morgan fingerprint density at radius 3 is 2.59 bits per heavy atom. The highest BCUT2D eigenvalue weighted by molar-refractivity contribution is 7.91. The Balaban J connectivity index is 1.64. The molecule has 144 valence electrons. The molecule has 2 aromatic rings. The molecular formula is C19H23N3O4S. The number of sulfone groups is 1. The summed E-state index contributed by atoms with van der Waals surface area (Å²) in [5.74, 6) is 1.13. The predicted octanol–water partition coefficient (Wildman–Crippen LogP) is 2.53. The van der Waals surface area contributed by atoms with E-state index < -0.39 is 9.84 Å². The molecule has 1 fully saturated rings. The van der Waals surface area contributed by atoms with Gasteiger partial charge in [0.15, 0.2) is 9.84 Å². The number of carbonyl (C=O) groups is 1. The molecule has 8 heteroatoms. The average Bonchev–Trinajstić information content (AvgIpc) is 2.95. The molecule has 1 aliphatic rings. The Bertz CT molecular complexity index is 911. The van der Waals surface area contributed by atoms with Crippen LogP contribution < -0.4 is 15.4 Å². The summed E-state index contributed by atoms with van der Waals surface area (Å²) in [4.78, 5) is 16.6. The van der Waals surface area contributed by atoms with E-state index in [2.05, 4.69) is 15.6 Å². The van der Waals surface area contributed by atoms with Crippen LogP contribution in [0.5, 0.6) is 5.75 Å². The zero-order valence-electron chi connectivity index (χ0n) is 15.3. The van der Waals surface area contributed by atoms with E-state index in [1.807, 2.05) is 38.1 Å². The lowest BCUT2D eigenvalue weighted by Crippen LogP contribution is -2.35. The van der Waals surface area contributed by atoms with Crippen molar-refractivity contribution in [2.24, 2.45) is 0 Å². The monoisotopic (exact) mass is 389 g/mol. The highest BCUT2D eigenvalue weighted by atomic mass is 32.2. The van der Waals surface area contributed by atoms with Gasteiger partial charge in [-0.25, -0.2) is 13.4 Å². The van der Waals surface area contributed by atoms with Crippen LogP contribution in [0.1, 0.15) is 30.6 Å². The molecule has 1 aromatic heterocycles. The summed E-state index contributed by atoms with van der Waals surface area (Å²) in [6.07, 6.45) is 2.10. The number of nitrogens with one attached hydrogen (secondary N) is 2. The summed E-state index contributed by atoms with van der Waals surface area (Å²) >= 11 is 0. The number of aromatic nitrogens is 1. The Morgan fingerprint density at radius 1 is 1.22 bits per heavy atom. The Hall–Kier alpha value is -2.61. The zero-order chi connectivity index (χ0) is 19.4. The normalized spacial score (nSPS) is 18.3. The van der Waals surface area contributed by atoms with Crippen LogP contribution in [-0.2, 0) is 9.84 Å². The smallest absolute Gasteiger partial charge is 0.251 e. The number of hydrogen-bond acceptors (Lipinski definition) is 6. The molecule has 2 N–H and O–H groups in total.